The summed E-state index contributed by atoms with van der Waals surface area (Å²) in [5, 5.41) is 2.89. The lowest BCUT2D eigenvalue weighted by molar-refractivity contribution is -0.188. The van der Waals surface area contributed by atoms with Gasteiger partial charge in [0, 0.05) is 37.6 Å². The third kappa shape index (κ3) is 4.82. The standard InChI is InChI=1S/C21H30N2O6/c1-14(2)18(20(25)23-7-5-21(6-8-23)28-9-10-29-21)22-19(24)15-11-16(26-3)13-17(12-15)27-4/h11-14,18H,5-10H2,1-4H3,(H,22,24). The maximum Gasteiger partial charge on any atom is 0.252 e. The second kappa shape index (κ2) is 9.00. The smallest absolute Gasteiger partial charge is 0.252 e. The molecule has 3 rings (SSSR count). The fraction of sp³-hybridized carbons (Fsp3) is 0.619. The Morgan fingerprint density at radius 2 is 1.59 bits per heavy atom. The molecular formula is C21H30N2O6. The number of hydrogen-bond acceptors (Lipinski definition) is 6. The highest BCUT2D eigenvalue weighted by atomic mass is 16.7. The van der Waals surface area contributed by atoms with Gasteiger partial charge in [0.05, 0.1) is 27.4 Å². The van der Waals surface area contributed by atoms with Crippen LogP contribution in [0.3, 0.4) is 0 Å². The number of amides is 2. The van der Waals surface area contributed by atoms with Crippen LogP contribution in [-0.2, 0) is 14.3 Å². The van der Waals surface area contributed by atoms with E-state index >= 15 is 0 Å². The molecule has 1 unspecified atom stereocenters. The zero-order valence-electron chi connectivity index (χ0n) is 17.5. The summed E-state index contributed by atoms with van der Waals surface area (Å²) in [5.74, 6) is -0.000443. The first-order valence-corrected chi connectivity index (χ1v) is 9.98. The molecule has 1 N–H and O–H groups in total. The molecule has 2 aliphatic rings. The first kappa shape index (κ1) is 21.4. The predicted molar refractivity (Wildman–Crippen MR) is 106 cm³/mol. The van der Waals surface area contributed by atoms with Crippen LogP contribution >= 0.6 is 0 Å². The molecule has 1 atom stereocenters. The third-order valence-electron chi connectivity index (χ3n) is 5.48. The van der Waals surface area contributed by atoms with Gasteiger partial charge in [0.1, 0.15) is 17.5 Å². The maximum atomic E-state index is 13.1. The van der Waals surface area contributed by atoms with Crippen molar-refractivity contribution in [3.8, 4) is 11.5 Å². The number of hydrogen-bond donors (Lipinski definition) is 1. The number of piperidine rings is 1. The van der Waals surface area contributed by atoms with Crippen molar-refractivity contribution in [2.24, 2.45) is 5.92 Å². The molecule has 0 aliphatic carbocycles. The first-order valence-electron chi connectivity index (χ1n) is 9.98. The Labute approximate surface area is 171 Å². The fourth-order valence-electron chi connectivity index (χ4n) is 3.73. The van der Waals surface area contributed by atoms with E-state index in [1.807, 2.05) is 13.8 Å². The lowest BCUT2D eigenvalue weighted by Gasteiger charge is -2.39. The Balaban J connectivity index is 1.68. The van der Waals surface area contributed by atoms with Gasteiger partial charge in [-0.25, -0.2) is 0 Å². The molecule has 8 nitrogen and oxygen atoms in total. The van der Waals surface area contributed by atoms with Crippen LogP contribution in [0.2, 0.25) is 0 Å². The minimum Gasteiger partial charge on any atom is -0.497 e. The minimum absolute atomic E-state index is 0.0613. The van der Waals surface area contributed by atoms with Crippen LogP contribution in [0.25, 0.3) is 0 Å². The molecule has 0 radical (unpaired) electrons. The average molecular weight is 406 g/mol. The van der Waals surface area contributed by atoms with E-state index in [0.29, 0.717) is 56.2 Å². The first-order chi connectivity index (χ1) is 13.9. The average Bonchev–Trinajstić information content (AvgIpc) is 3.19. The lowest BCUT2D eigenvalue weighted by Crippen LogP contribution is -2.55. The van der Waals surface area contributed by atoms with Crippen LogP contribution in [0.15, 0.2) is 18.2 Å². The SMILES string of the molecule is COc1cc(OC)cc(C(=O)NC(C(=O)N2CCC3(CC2)OCCO3)C(C)C)c1. The highest BCUT2D eigenvalue weighted by molar-refractivity contribution is 5.98. The molecule has 29 heavy (non-hydrogen) atoms. The Kier molecular flexibility index (Phi) is 6.64. The number of likely N-dealkylation sites (tertiary alicyclic amines) is 1. The number of rotatable bonds is 6. The summed E-state index contributed by atoms with van der Waals surface area (Å²) in [6, 6.07) is 4.32. The molecule has 1 spiro atoms. The number of ether oxygens (including phenoxy) is 4. The Morgan fingerprint density at radius 3 is 2.07 bits per heavy atom. The molecule has 1 aromatic rings. The molecule has 1 aromatic carbocycles. The van der Waals surface area contributed by atoms with Gasteiger partial charge in [0.2, 0.25) is 5.91 Å². The molecule has 2 amide bonds. The molecule has 2 fully saturated rings. The largest absolute Gasteiger partial charge is 0.497 e. The van der Waals surface area contributed by atoms with Crippen molar-refractivity contribution in [3.05, 3.63) is 23.8 Å². The minimum atomic E-state index is -0.626. The van der Waals surface area contributed by atoms with Gasteiger partial charge in [-0.2, -0.15) is 0 Å². The lowest BCUT2D eigenvalue weighted by atomic mass is 9.98. The normalized spacial score (nSPS) is 19.3. The summed E-state index contributed by atoms with van der Waals surface area (Å²) in [6.45, 7) is 6.13. The fourth-order valence-corrected chi connectivity index (χ4v) is 3.73. The van der Waals surface area contributed by atoms with Gasteiger partial charge >= 0.3 is 0 Å². The van der Waals surface area contributed by atoms with E-state index in [2.05, 4.69) is 5.32 Å². The number of methoxy groups -OCH3 is 2. The maximum absolute atomic E-state index is 13.1. The summed E-state index contributed by atoms with van der Waals surface area (Å²) in [7, 11) is 3.05. The van der Waals surface area contributed by atoms with Gasteiger partial charge in [-0.05, 0) is 18.1 Å². The molecule has 0 aromatic heterocycles. The van der Waals surface area contributed by atoms with Gasteiger partial charge < -0.3 is 29.2 Å². The molecule has 2 saturated heterocycles. The quantitative estimate of drug-likeness (QED) is 0.776. The van der Waals surface area contributed by atoms with Gasteiger partial charge in [-0.1, -0.05) is 13.8 Å². The Bertz CT molecular complexity index is 712. The number of nitrogens with one attached hydrogen (secondary N) is 1. The van der Waals surface area contributed by atoms with Crippen molar-refractivity contribution in [2.75, 3.05) is 40.5 Å². The molecular weight excluding hydrogens is 376 g/mol. The van der Waals surface area contributed by atoms with Crippen molar-refractivity contribution in [2.45, 2.75) is 38.5 Å². The van der Waals surface area contributed by atoms with Gasteiger partial charge in [-0.15, -0.1) is 0 Å². The second-order valence-electron chi connectivity index (χ2n) is 7.73. The van der Waals surface area contributed by atoms with Gasteiger partial charge in [0.15, 0.2) is 5.79 Å². The van der Waals surface area contributed by atoms with Crippen LogP contribution in [0.5, 0.6) is 11.5 Å². The summed E-state index contributed by atoms with van der Waals surface area (Å²) >= 11 is 0. The highest BCUT2D eigenvalue weighted by Gasteiger charge is 2.42. The second-order valence-corrected chi connectivity index (χ2v) is 7.73. The molecule has 8 heteroatoms. The third-order valence-corrected chi connectivity index (χ3v) is 5.48. The van der Waals surface area contributed by atoms with E-state index in [-0.39, 0.29) is 17.7 Å². The summed E-state index contributed by atoms with van der Waals surface area (Å²) in [5.41, 5.74) is 0.380. The van der Waals surface area contributed by atoms with Crippen molar-refractivity contribution in [3.63, 3.8) is 0 Å². The monoisotopic (exact) mass is 406 g/mol. The van der Waals surface area contributed by atoms with Crippen molar-refractivity contribution < 1.29 is 28.5 Å². The summed E-state index contributed by atoms with van der Waals surface area (Å²) in [6.07, 6.45) is 1.29. The number of nitrogens with zero attached hydrogens (tertiary/aromatic N) is 1. The van der Waals surface area contributed by atoms with Crippen LogP contribution < -0.4 is 14.8 Å². The molecule has 0 saturated carbocycles. The Hall–Kier alpha value is -2.32. The van der Waals surface area contributed by atoms with E-state index in [0.717, 1.165) is 0 Å². The number of carbonyl (C=O) groups is 2. The van der Waals surface area contributed by atoms with Gasteiger partial charge in [-0.3, -0.25) is 9.59 Å². The van der Waals surface area contributed by atoms with E-state index in [1.54, 1.807) is 23.1 Å². The zero-order chi connectivity index (χ0) is 21.0. The van der Waals surface area contributed by atoms with Crippen LogP contribution in [0.4, 0.5) is 0 Å². The summed E-state index contributed by atoms with van der Waals surface area (Å²) < 4.78 is 21.9. The van der Waals surface area contributed by atoms with Crippen molar-refractivity contribution in [1.29, 1.82) is 0 Å². The molecule has 160 valence electrons. The number of benzene rings is 1. The number of carbonyl (C=O) groups excluding carboxylic acids is 2. The van der Waals surface area contributed by atoms with Crippen LogP contribution in [-0.4, -0.2) is 69.1 Å². The van der Waals surface area contributed by atoms with E-state index in [9.17, 15) is 9.59 Å². The van der Waals surface area contributed by atoms with Crippen molar-refractivity contribution in [1.82, 2.24) is 10.2 Å². The molecule has 2 heterocycles. The van der Waals surface area contributed by atoms with Crippen LogP contribution in [0.1, 0.15) is 37.0 Å². The van der Waals surface area contributed by atoms with Gasteiger partial charge in [0.25, 0.3) is 5.91 Å². The zero-order valence-corrected chi connectivity index (χ0v) is 17.5. The topological polar surface area (TPSA) is 86.3 Å². The summed E-state index contributed by atoms with van der Waals surface area (Å²) in [4.78, 5) is 27.8. The molecule has 2 aliphatic heterocycles. The van der Waals surface area contributed by atoms with E-state index in [4.69, 9.17) is 18.9 Å². The van der Waals surface area contributed by atoms with Crippen LogP contribution in [0, 0.1) is 5.92 Å². The Morgan fingerprint density at radius 1 is 1.03 bits per heavy atom. The molecule has 0 bridgehead atoms. The highest BCUT2D eigenvalue weighted by Crippen LogP contribution is 2.31. The van der Waals surface area contributed by atoms with Crippen molar-refractivity contribution >= 4 is 11.8 Å². The van der Waals surface area contributed by atoms with E-state index < -0.39 is 11.8 Å². The van der Waals surface area contributed by atoms with E-state index in [1.165, 1.54) is 14.2 Å². The predicted octanol–water partition coefficient (Wildman–Crippen LogP) is 1.82.